The van der Waals surface area contributed by atoms with Gasteiger partial charge in [0.05, 0.1) is 0 Å². The Morgan fingerprint density at radius 3 is 1.37 bits per heavy atom. The van der Waals surface area contributed by atoms with Crippen molar-refractivity contribution < 1.29 is 16.5 Å². The monoisotopic (exact) mass is 522 g/mol. The van der Waals surface area contributed by atoms with E-state index in [-0.39, 0.29) is 0 Å². The second-order valence-electron chi connectivity index (χ2n) is 9.75. The van der Waals surface area contributed by atoms with Crippen molar-refractivity contribution in [1.29, 1.82) is 0 Å². The number of halogens is 2. The molecule has 0 aromatic rings. The lowest BCUT2D eigenvalue weighted by Gasteiger charge is -2.42. The van der Waals surface area contributed by atoms with E-state index in [0.29, 0.717) is 0 Å². The highest BCUT2D eigenvalue weighted by Crippen LogP contribution is 2.30. The van der Waals surface area contributed by atoms with E-state index in [9.17, 15) is 0 Å². The van der Waals surface area contributed by atoms with E-state index in [1.807, 2.05) is 12.2 Å². The molecule has 27 heavy (non-hydrogen) atoms. The van der Waals surface area contributed by atoms with Crippen LogP contribution in [0.25, 0.3) is 0 Å². The molecule has 0 aromatic carbocycles. The molecule has 0 aliphatic heterocycles. The van der Waals surface area contributed by atoms with Crippen molar-refractivity contribution in [2.75, 3.05) is 0 Å². The minimum Gasteiger partial charge on any atom is -0.436 e. The van der Waals surface area contributed by atoms with Gasteiger partial charge in [-0.15, -0.1) is 28.7 Å². The van der Waals surface area contributed by atoms with Crippen LogP contribution in [0.2, 0.25) is 84.1 Å². The van der Waals surface area contributed by atoms with Crippen molar-refractivity contribution in [3.63, 3.8) is 0 Å². The van der Waals surface area contributed by atoms with Gasteiger partial charge in [-0.3, -0.25) is 0 Å². The van der Waals surface area contributed by atoms with Crippen LogP contribution >= 0.6 is 22.2 Å². The summed E-state index contributed by atoms with van der Waals surface area (Å²) in [6.45, 7) is 25.0. The molecule has 0 aliphatic rings. The van der Waals surface area contributed by atoms with E-state index < -0.39 is 49.0 Å². The molecule has 0 aliphatic carbocycles. The molecule has 0 atom stereocenters. The highest BCUT2D eigenvalue weighted by Gasteiger charge is 2.45. The maximum absolute atomic E-state index is 6.58. The molecule has 12 heteroatoms. The van der Waals surface area contributed by atoms with Crippen LogP contribution in [0.3, 0.4) is 0 Å². The smallest absolute Gasteiger partial charge is 0.314 e. The summed E-state index contributed by atoms with van der Waals surface area (Å²) >= 11 is 12.6. The molecular formula is C15H40Cl2O4Si6. The van der Waals surface area contributed by atoms with E-state index in [1.165, 1.54) is 0 Å². The molecule has 0 rings (SSSR count). The zero-order valence-electron chi connectivity index (χ0n) is 19.1. The summed E-state index contributed by atoms with van der Waals surface area (Å²) < 4.78 is 25.9. The first-order chi connectivity index (χ1) is 11.6. The Kier molecular flexibility index (Phi) is 10.3. The quantitative estimate of drug-likeness (QED) is 0.207. The van der Waals surface area contributed by atoms with E-state index in [4.69, 9.17) is 38.6 Å². The van der Waals surface area contributed by atoms with E-state index in [2.05, 4.69) is 72.0 Å². The molecule has 0 saturated heterocycles. The molecule has 0 amide bonds. The van der Waals surface area contributed by atoms with Crippen molar-refractivity contribution in [3.8, 4) is 0 Å². The molecule has 0 N–H and O–H groups in total. The maximum atomic E-state index is 6.58. The number of hydrogen-bond donors (Lipinski definition) is 0. The van der Waals surface area contributed by atoms with E-state index in [1.54, 1.807) is 0 Å². The van der Waals surface area contributed by atoms with E-state index >= 15 is 0 Å². The van der Waals surface area contributed by atoms with Crippen molar-refractivity contribution >= 4 is 71.2 Å². The van der Waals surface area contributed by atoms with Crippen LogP contribution in [0, 0.1) is 0 Å². The fourth-order valence-electron chi connectivity index (χ4n) is 3.16. The third-order valence-electron chi connectivity index (χ3n) is 3.67. The van der Waals surface area contributed by atoms with Crippen molar-refractivity contribution in [1.82, 2.24) is 0 Å². The molecule has 0 saturated carbocycles. The van der Waals surface area contributed by atoms with Gasteiger partial charge in [0, 0.05) is 0 Å². The summed E-state index contributed by atoms with van der Waals surface area (Å²) in [6, 6.07) is 1.81. The summed E-state index contributed by atoms with van der Waals surface area (Å²) in [7, 11) is -10.9. The molecule has 162 valence electrons. The van der Waals surface area contributed by atoms with Crippen molar-refractivity contribution in [2.45, 2.75) is 84.1 Å². The van der Waals surface area contributed by atoms with Gasteiger partial charge in [-0.2, -0.15) is 0 Å². The standard InChI is InChI=1S/C15H40Cl2O4Si6/c1-13-22(2,3)18-24(6,7)20-26(10,11)21-25(8,9)19-23(4,5)14-15-27(12,16)17/h13H,1,14-15H2,2-12H3. The van der Waals surface area contributed by atoms with Gasteiger partial charge in [-0.05, 0) is 84.1 Å². The predicted octanol–water partition coefficient (Wildman–Crippen LogP) is 6.84. The topological polar surface area (TPSA) is 36.9 Å². The Balaban J connectivity index is 5.00. The van der Waals surface area contributed by atoms with Gasteiger partial charge in [0.15, 0.2) is 16.6 Å². The number of hydrogen-bond acceptors (Lipinski definition) is 4. The Hall–Kier alpha value is 1.46. The van der Waals surface area contributed by atoms with Gasteiger partial charge in [0.25, 0.3) is 0 Å². The lowest BCUT2D eigenvalue weighted by atomic mass is 10.9. The summed E-state index contributed by atoms with van der Waals surface area (Å²) in [6.07, 6.45) is 0. The normalized spacial score (nSPS) is 15.1. The van der Waals surface area contributed by atoms with Crippen LogP contribution in [0.5, 0.6) is 0 Å². The fourth-order valence-corrected chi connectivity index (χ4v) is 31.3. The average Bonchev–Trinajstić information content (AvgIpc) is 2.29. The van der Waals surface area contributed by atoms with Gasteiger partial charge >= 0.3 is 25.7 Å². The first-order valence-corrected chi connectivity index (χ1v) is 28.7. The Labute approximate surface area is 183 Å². The minimum atomic E-state index is -2.41. The van der Waals surface area contributed by atoms with Crippen LogP contribution in [0.4, 0.5) is 0 Å². The SMILES string of the molecule is C=C[Si](C)(C)O[Si](C)(C)O[Si](C)(C)O[Si](C)(C)O[Si](C)(C)CC[Si](C)(Cl)Cl. The first kappa shape index (κ1) is 28.5. The number of rotatable bonds is 12. The highest BCUT2D eigenvalue weighted by atomic mass is 35.7. The third kappa shape index (κ3) is 14.2. The molecule has 0 radical (unpaired) electrons. The molecule has 0 spiro atoms. The Bertz CT molecular complexity index is 507. The van der Waals surface area contributed by atoms with Gasteiger partial charge < -0.3 is 16.5 Å². The summed E-state index contributed by atoms with van der Waals surface area (Å²) in [5, 5.41) is 0. The van der Waals surface area contributed by atoms with Crippen molar-refractivity contribution in [2.24, 2.45) is 0 Å². The molecule has 0 heterocycles. The lowest BCUT2D eigenvalue weighted by molar-refractivity contribution is 0.300. The van der Waals surface area contributed by atoms with Crippen LogP contribution in [0.15, 0.2) is 12.3 Å². The fraction of sp³-hybridized carbons (Fsp3) is 0.867. The summed E-state index contributed by atoms with van der Waals surface area (Å²) in [4.78, 5) is 0. The van der Waals surface area contributed by atoms with Crippen LogP contribution in [-0.2, 0) is 16.5 Å². The van der Waals surface area contributed by atoms with Crippen LogP contribution < -0.4 is 0 Å². The lowest BCUT2D eigenvalue weighted by Crippen LogP contribution is -2.58. The Morgan fingerprint density at radius 1 is 0.630 bits per heavy atom. The largest absolute Gasteiger partial charge is 0.436 e. The first-order valence-electron chi connectivity index (χ1n) is 9.41. The zero-order valence-corrected chi connectivity index (χ0v) is 26.6. The predicted molar refractivity (Wildman–Crippen MR) is 135 cm³/mol. The summed E-state index contributed by atoms with van der Waals surface area (Å²) in [5.74, 6) is 0. The molecule has 4 nitrogen and oxygen atoms in total. The molecule has 0 fully saturated rings. The molecule has 0 unspecified atom stereocenters. The minimum absolute atomic E-state index is 0.853. The van der Waals surface area contributed by atoms with Gasteiger partial charge in [0.1, 0.15) is 0 Å². The average molecular weight is 524 g/mol. The summed E-state index contributed by atoms with van der Waals surface area (Å²) in [5.41, 5.74) is 1.95. The van der Waals surface area contributed by atoms with Gasteiger partial charge in [-0.1, -0.05) is 5.70 Å². The van der Waals surface area contributed by atoms with Gasteiger partial charge in [0.2, 0.25) is 6.69 Å². The zero-order chi connectivity index (χ0) is 21.9. The van der Waals surface area contributed by atoms with Crippen molar-refractivity contribution in [3.05, 3.63) is 12.3 Å². The molecule has 0 aromatic heterocycles. The van der Waals surface area contributed by atoms with Gasteiger partial charge in [-0.25, -0.2) is 0 Å². The van der Waals surface area contributed by atoms with Crippen LogP contribution in [-0.4, -0.2) is 49.0 Å². The third-order valence-corrected chi connectivity index (χ3v) is 25.0. The Morgan fingerprint density at radius 2 is 1.00 bits per heavy atom. The van der Waals surface area contributed by atoms with E-state index in [0.717, 1.165) is 12.1 Å². The highest BCUT2D eigenvalue weighted by molar-refractivity contribution is 7.45. The van der Waals surface area contributed by atoms with Crippen LogP contribution in [0.1, 0.15) is 0 Å². The maximum Gasteiger partial charge on any atom is 0.314 e. The molecular weight excluding hydrogens is 484 g/mol. The second kappa shape index (κ2) is 9.73. The second-order valence-corrected chi connectivity index (χ2v) is 37.3. The molecule has 0 bridgehead atoms.